The minimum atomic E-state index is -1.37. The number of hydrogen-bond acceptors (Lipinski definition) is 10. The Morgan fingerprint density at radius 2 is 1.49 bits per heavy atom. The Morgan fingerprint density at radius 3 is 2.07 bits per heavy atom. The first-order chi connectivity index (χ1) is 25.8. The number of carboxylic acids is 1. The molecular weight excluding hydrogens is 704 g/mol. The molecule has 316 valence electrons. The van der Waals surface area contributed by atoms with Crippen LogP contribution in [0.5, 0.6) is 0 Å². The zero-order valence-corrected chi connectivity index (χ0v) is 35.5. The lowest BCUT2D eigenvalue weighted by Gasteiger charge is -2.55. The van der Waals surface area contributed by atoms with E-state index in [2.05, 4.69) is 20.8 Å². The van der Waals surface area contributed by atoms with Crippen molar-refractivity contribution in [3.8, 4) is 0 Å². The third-order valence-electron chi connectivity index (χ3n) is 15.1. The van der Waals surface area contributed by atoms with Crippen molar-refractivity contribution >= 4 is 11.8 Å². The van der Waals surface area contributed by atoms with Gasteiger partial charge in [0.25, 0.3) is 0 Å². The number of aliphatic hydroxyl groups is 3. The van der Waals surface area contributed by atoms with Gasteiger partial charge in [0.1, 0.15) is 11.9 Å². The fourth-order valence-corrected chi connectivity index (χ4v) is 11.2. The Bertz CT molecular complexity index is 1370. The molecule has 4 saturated heterocycles. The van der Waals surface area contributed by atoms with Crippen molar-refractivity contribution in [2.24, 2.45) is 47.3 Å². The van der Waals surface area contributed by atoms with Gasteiger partial charge in [-0.15, -0.1) is 0 Å². The van der Waals surface area contributed by atoms with Crippen LogP contribution in [0.4, 0.5) is 0 Å². The number of Topliss-reactive ketones (excluding diaryl/α,β-unsaturated/α-hetero) is 1. The van der Waals surface area contributed by atoms with Gasteiger partial charge in [0, 0.05) is 30.1 Å². The van der Waals surface area contributed by atoms with Crippen LogP contribution in [-0.4, -0.2) is 97.7 Å². The Balaban J connectivity index is 1.34. The Hall–Kier alpha value is -1.44. The van der Waals surface area contributed by atoms with Crippen molar-refractivity contribution in [1.82, 2.24) is 0 Å². The smallest absolute Gasteiger partial charge is 0.309 e. The zero-order valence-electron chi connectivity index (χ0n) is 35.5. The molecule has 2 spiro atoms. The van der Waals surface area contributed by atoms with E-state index in [0.29, 0.717) is 44.9 Å². The van der Waals surface area contributed by atoms with E-state index in [1.165, 1.54) is 0 Å². The molecule has 0 aromatic carbocycles. The molecule has 0 amide bonds. The lowest BCUT2D eigenvalue weighted by atomic mass is 9.71. The Labute approximate surface area is 330 Å². The van der Waals surface area contributed by atoms with Crippen LogP contribution >= 0.6 is 0 Å². The monoisotopic (exact) mass is 779 g/mol. The molecule has 4 fully saturated rings. The SMILES string of the molecule is CC[C@@H]1C[C@H](C)C([C@@H](CC)C(=O)[C@@H](C)[C@@H](O)[C@H](C)[C@@H]2O[C@@H]([C@@H](CC)C(=O)O)[C@@H](C)C[C@@H]2C)O[C@]12C=C[C@@H](O)[C@]1(CC[C@@](C)([C@H]3CC[C@](O)(CC)[C@H](C)O3)O1)O2. The molecule has 5 rings (SSSR count). The number of aliphatic hydroxyl groups excluding tert-OH is 2. The lowest BCUT2D eigenvalue weighted by Crippen LogP contribution is -2.63. The summed E-state index contributed by atoms with van der Waals surface area (Å²) in [4.78, 5) is 26.6. The van der Waals surface area contributed by atoms with Gasteiger partial charge in [0.2, 0.25) is 5.79 Å². The first-order valence-electron chi connectivity index (χ1n) is 21.7. The van der Waals surface area contributed by atoms with E-state index in [1.807, 2.05) is 54.5 Å². The molecule has 5 aliphatic rings. The van der Waals surface area contributed by atoms with Crippen LogP contribution in [0.1, 0.15) is 140 Å². The number of hydrogen-bond donors (Lipinski definition) is 4. The lowest BCUT2D eigenvalue weighted by molar-refractivity contribution is -0.410. The molecule has 1 unspecified atom stereocenters. The van der Waals surface area contributed by atoms with Crippen molar-refractivity contribution in [3.63, 3.8) is 0 Å². The quantitative estimate of drug-likeness (QED) is 0.145. The van der Waals surface area contributed by atoms with Crippen molar-refractivity contribution in [2.45, 2.75) is 206 Å². The second-order valence-electron chi connectivity index (χ2n) is 18.7. The maximum Gasteiger partial charge on any atom is 0.309 e. The Morgan fingerprint density at radius 1 is 0.855 bits per heavy atom. The molecule has 0 radical (unpaired) electrons. The van der Waals surface area contributed by atoms with E-state index in [-0.39, 0.29) is 47.8 Å². The van der Waals surface area contributed by atoms with Gasteiger partial charge >= 0.3 is 5.97 Å². The second-order valence-corrected chi connectivity index (χ2v) is 18.7. The molecule has 11 heteroatoms. The van der Waals surface area contributed by atoms with Gasteiger partial charge in [0.15, 0.2) is 5.79 Å². The summed E-state index contributed by atoms with van der Waals surface area (Å²) in [6, 6.07) is 0. The number of carbonyl (C=O) groups is 2. The molecule has 0 bridgehead atoms. The van der Waals surface area contributed by atoms with Crippen LogP contribution in [0.15, 0.2) is 12.2 Å². The average molecular weight is 779 g/mol. The molecule has 5 heterocycles. The molecule has 5 aliphatic heterocycles. The number of carbonyl (C=O) groups excluding carboxylic acids is 1. The summed E-state index contributed by atoms with van der Waals surface area (Å²) in [7, 11) is 0. The minimum Gasteiger partial charge on any atom is -0.481 e. The average Bonchev–Trinajstić information content (AvgIpc) is 3.49. The number of ether oxygens (including phenoxy) is 5. The van der Waals surface area contributed by atoms with E-state index in [9.17, 15) is 30.0 Å². The van der Waals surface area contributed by atoms with E-state index < -0.39 is 76.8 Å². The summed E-state index contributed by atoms with van der Waals surface area (Å²) >= 11 is 0. The number of aliphatic carboxylic acids is 1. The van der Waals surface area contributed by atoms with Crippen LogP contribution in [0.25, 0.3) is 0 Å². The molecule has 4 N–H and O–H groups in total. The third-order valence-corrected chi connectivity index (χ3v) is 15.1. The molecule has 0 aromatic heterocycles. The fourth-order valence-electron chi connectivity index (χ4n) is 11.2. The highest BCUT2D eigenvalue weighted by Gasteiger charge is 2.63. The highest BCUT2D eigenvalue weighted by Crippen LogP contribution is 2.54. The van der Waals surface area contributed by atoms with E-state index >= 15 is 0 Å². The summed E-state index contributed by atoms with van der Waals surface area (Å²) < 4.78 is 33.9. The summed E-state index contributed by atoms with van der Waals surface area (Å²) in [5.74, 6) is -5.74. The predicted octanol–water partition coefficient (Wildman–Crippen LogP) is 6.82. The van der Waals surface area contributed by atoms with Crippen LogP contribution in [0, 0.1) is 47.3 Å². The molecule has 55 heavy (non-hydrogen) atoms. The number of rotatable bonds is 13. The number of ketones is 1. The van der Waals surface area contributed by atoms with Gasteiger partial charge in [-0.3, -0.25) is 9.59 Å². The molecular formula is C44H74O11. The van der Waals surface area contributed by atoms with E-state index in [0.717, 1.165) is 19.3 Å². The summed E-state index contributed by atoms with van der Waals surface area (Å²) in [5.41, 5.74) is -1.64. The summed E-state index contributed by atoms with van der Waals surface area (Å²) in [5, 5.41) is 44.3. The van der Waals surface area contributed by atoms with Crippen molar-refractivity contribution in [2.75, 3.05) is 0 Å². The van der Waals surface area contributed by atoms with Crippen LogP contribution in [0.3, 0.4) is 0 Å². The molecule has 19 atom stereocenters. The molecule has 0 aromatic rings. The van der Waals surface area contributed by atoms with Gasteiger partial charge in [-0.1, -0.05) is 62.3 Å². The van der Waals surface area contributed by atoms with Gasteiger partial charge in [-0.2, -0.15) is 0 Å². The summed E-state index contributed by atoms with van der Waals surface area (Å²) in [6.45, 7) is 21.8. The first-order valence-corrected chi connectivity index (χ1v) is 21.7. The second kappa shape index (κ2) is 17.0. The highest BCUT2D eigenvalue weighted by molar-refractivity contribution is 5.84. The third kappa shape index (κ3) is 8.26. The normalized spacial score (nSPS) is 46.3. The van der Waals surface area contributed by atoms with Gasteiger partial charge in [0.05, 0.1) is 53.7 Å². The number of carboxylic acid groups (broad SMARTS) is 1. The van der Waals surface area contributed by atoms with Gasteiger partial charge in [-0.05, 0) is 102 Å². The maximum atomic E-state index is 14.6. The predicted molar refractivity (Wildman–Crippen MR) is 208 cm³/mol. The highest BCUT2D eigenvalue weighted by atomic mass is 16.8. The maximum absolute atomic E-state index is 14.6. The zero-order chi connectivity index (χ0) is 40.8. The van der Waals surface area contributed by atoms with Crippen LogP contribution in [-0.2, 0) is 33.3 Å². The standard InChI is InChI=1S/C44H74O11/c1-12-30-23-26(7)39(31(13-2)36(47)27(8)35(46)28(9)37-24(5)22-25(6)38(52-37)32(14-3)40(48)49)53-43(30)19-16-33(45)44(55-43)21-20-41(11,54-44)34-17-18-42(50,15-4)29(10)51-34/h16,19,24-35,37-39,45-46,50H,12-15,17-18,20-23H2,1-11H3,(H,48,49)/t24-,25-,26-,27-,28-,29-,30+,31-,32+,33+,34+,35+,37+,38+,39?,41-,42+,43-,44-/m0/s1. The summed E-state index contributed by atoms with van der Waals surface area (Å²) in [6.07, 6.45) is 5.59. The van der Waals surface area contributed by atoms with Gasteiger partial charge < -0.3 is 44.1 Å². The molecule has 11 nitrogen and oxygen atoms in total. The fraction of sp³-hybridized carbons (Fsp3) is 0.909. The minimum absolute atomic E-state index is 0.0150. The largest absolute Gasteiger partial charge is 0.481 e. The van der Waals surface area contributed by atoms with Crippen molar-refractivity contribution in [3.05, 3.63) is 12.2 Å². The van der Waals surface area contributed by atoms with Crippen molar-refractivity contribution in [1.29, 1.82) is 0 Å². The first kappa shape index (κ1) is 44.7. The topological polar surface area (TPSA) is 161 Å². The van der Waals surface area contributed by atoms with Gasteiger partial charge in [-0.25, -0.2) is 0 Å². The van der Waals surface area contributed by atoms with Crippen LogP contribution in [0.2, 0.25) is 0 Å². The van der Waals surface area contributed by atoms with Crippen LogP contribution < -0.4 is 0 Å². The van der Waals surface area contributed by atoms with Crippen molar-refractivity contribution < 1.29 is 53.7 Å². The Kier molecular flexibility index (Phi) is 13.8. The molecule has 0 saturated carbocycles. The molecule has 0 aliphatic carbocycles. The van der Waals surface area contributed by atoms with E-state index in [1.54, 1.807) is 13.0 Å². The van der Waals surface area contributed by atoms with E-state index in [4.69, 9.17) is 23.7 Å².